The van der Waals surface area contributed by atoms with Gasteiger partial charge in [0.25, 0.3) is 59.1 Å². The van der Waals surface area contributed by atoms with Crippen LogP contribution >= 0.6 is 70.4 Å². The monoisotopic (exact) mass is 2140 g/mol. The van der Waals surface area contributed by atoms with Gasteiger partial charge in [0.05, 0.1) is 64.6 Å². The van der Waals surface area contributed by atoms with Crippen LogP contribution in [0.3, 0.4) is 0 Å². The highest BCUT2D eigenvalue weighted by Crippen LogP contribution is 2.42. The van der Waals surface area contributed by atoms with Gasteiger partial charge in [-0.2, -0.15) is 0 Å². The number of carbonyl (C=O) groups excluding carboxylic acids is 10. The van der Waals surface area contributed by atoms with E-state index in [2.05, 4.69) is 26.6 Å². The number of fused-ring (bicyclic) bond motifs is 10. The molecule has 0 radical (unpaired) electrons. The molecule has 0 aliphatic carbocycles. The molecule has 35 nitrogen and oxygen atoms in total. The quantitative estimate of drug-likeness (QED) is 0.0426. The highest BCUT2D eigenvalue weighted by Gasteiger charge is 2.48. The van der Waals surface area contributed by atoms with Crippen molar-refractivity contribution in [2.45, 2.75) is 183 Å². The smallest absolute Gasteiger partial charge is 0.275 e. The van der Waals surface area contributed by atoms with Crippen molar-refractivity contribution in [1.82, 2.24) is 73.9 Å². The topological polar surface area (TPSA) is 458 Å². The number of pyridine rings is 5. The standard InChI is InChI=1S/C20H19ClFN3O4S.2C20H19F2N3O4S.C20H20FN3O4S.C19H18FN3O4S/c1-10-4-5-30-15-9-24-8-12(17(26)18(27)16(24)20(29)25(10)15)19(28)23-7-11-2-3-13(21)14(22)6-11;1-10-2-3-30-15-9-24-8-14(17(26)18(27)16(24)20(29)25(10)15)19(28)23-7-11-4-12(21)6-13(22)5-11;1-10-5-6-30-14-9-24-8-12(17(26)18(27)16(24)20(29)25(10)14)19(28)23-7-11-3-2-4-13(21)15(11)22;1-11-6-7-29-15-10-23-9-13(17(25)18(26)16(23)20(28)24(11)15)19(27)22-8-12-4-2-3-5-14(12)21;1-10-9-28-14-8-22-7-13(16(24)17(25)15(22)19(27)23(10)14)18(26)21-6-11-2-4-12(20)5-3-11/h2-3,6,8,10,15,27H,4-5,7,9H2,1H3,(H,23,28);4-6,8,10,15,27H,2-3,7,9H2,1H3,(H,23,28);2-4,8,10,14,27H,5-7,9H2,1H3,(H,23,28);2-5,9,11,15,26H,6-8,10H2,1H3,(H,22,27);2-5,7,10,14,25H,6,8-9H2,1H3,(H,21,26)/t2*10-,15?;10-,14?;11-,15?;10-,14?/m11110/s1. The summed E-state index contributed by atoms with van der Waals surface area (Å²) in [5.74, 6) is -10.4. The van der Waals surface area contributed by atoms with E-state index < -0.39 is 150 Å². The summed E-state index contributed by atoms with van der Waals surface area (Å²) in [6.07, 6.45) is 9.76. The minimum absolute atomic E-state index is 0.00903. The molecule has 10 aromatic rings. The Morgan fingerprint density at radius 2 is 0.612 bits per heavy atom. The van der Waals surface area contributed by atoms with Gasteiger partial charge in [-0.15, -0.1) is 58.8 Å². The van der Waals surface area contributed by atoms with Crippen LogP contribution in [0, 0.1) is 40.7 Å². The Bertz CT molecular complexity index is 7350. The molecule has 10 aliphatic rings. The first-order valence-corrected chi connectivity index (χ1v) is 51.9. The van der Waals surface area contributed by atoms with Crippen molar-refractivity contribution in [3.63, 3.8) is 0 Å². The lowest BCUT2D eigenvalue weighted by Crippen LogP contribution is -2.54. The molecule has 20 rings (SSSR count). The number of thioether (sulfide) groups is 5. The molecule has 48 heteroatoms. The molecular formula is C99H95ClF7N15O20S5. The van der Waals surface area contributed by atoms with Crippen LogP contribution in [0.4, 0.5) is 30.7 Å². The largest absolute Gasteiger partial charge is 0.503 e. The number of aromatic hydroxyl groups is 5. The summed E-state index contributed by atoms with van der Waals surface area (Å²) in [6.45, 7) is 10.9. The molecule has 15 heterocycles. The Hall–Kier alpha value is -13.9. The van der Waals surface area contributed by atoms with Gasteiger partial charge in [0, 0.05) is 117 Å². The number of halogens is 8. The van der Waals surface area contributed by atoms with E-state index in [-0.39, 0.29) is 174 Å². The second kappa shape index (κ2) is 44.4. The summed E-state index contributed by atoms with van der Waals surface area (Å²) < 4.78 is 101. The van der Waals surface area contributed by atoms with E-state index >= 15 is 0 Å². The van der Waals surface area contributed by atoms with Gasteiger partial charge in [-0.25, -0.2) is 30.7 Å². The Balaban J connectivity index is 0.000000131. The average molecular weight is 2140 g/mol. The lowest BCUT2D eigenvalue weighted by Gasteiger charge is -2.44. The Labute approximate surface area is 857 Å². The number of nitrogens with one attached hydrogen (secondary N) is 5. The normalized spacial score (nSPS) is 20.6. The zero-order valence-corrected chi connectivity index (χ0v) is 83.6. The van der Waals surface area contributed by atoms with Crippen LogP contribution in [0.5, 0.6) is 28.7 Å². The van der Waals surface area contributed by atoms with Gasteiger partial charge in [0.15, 0.2) is 68.9 Å². The minimum Gasteiger partial charge on any atom is -0.503 e. The Morgan fingerprint density at radius 1 is 0.320 bits per heavy atom. The van der Waals surface area contributed by atoms with E-state index in [4.69, 9.17) is 11.6 Å². The number of amides is 10. The predicted octanol–water partition coefficient (Wildman–Crippen LogP) is 10.2. The van der Waals surface area contributed by atoms with Crippen molar-refractivity contribution in [2.75, 3.05) is 28.8 Å². The van der Waals surface area contributed by atoms with Gasteiger partial charge >= 0.3 is 0 Å². The van der Waals surface area contributed by atoms with Crippen LogP contribution in [-0.2, 0) is 65.4 Å². The van der Waals surface area contributed by atoms with Crippen molar-refractivity contribution in [2.24, 2.45) is 0 Å². The van der Waals surface area contributed by atoms with Gasteiger partial charge in [0.1, 0.15) is 56.9 Å². The predicted molar refractivity (Wildman–Crippen MR) is 532 cm³/mol. The number of hydrogen-bond donors (Lipinski definition) is 10. The van der Waals surface area contributed by atoms with Gasteiger partial charge in [0.2, 0.25) is 27.1 Å². The van der Waals surface area contributed by atoms with Gasteiger partial charge in [-0.05, 0) is 149 Å². The third-order valence-corrected chi connectivity index (χ3v) is 33.0. The van der Waals surface area contributed by atoms with Crippen molar-refractivity contribution in [1.29, 1.82) is 0 Å². The third kappa shape index (κ3) is 21.8. The highest BCUT2D eigenvalue weighted by atomic mass is 35.5. The van der Waals surface area contributed by atoms with Crippen LogP contribution in [0.15, 0.2) is 158 Å². The molecule has 5 fully saturated rings. The van der Waals surface area contributed by atoms with Gasteiger partial charge in [-0.3, -0.25) is 71.9 Å². The first-order chi connectivity index (χ1) is 70.1. The minimum atomic E-state index is -1.09. The molecule has 10 amide bonds. The van der Waals surface area contributed by atoms with Crippen LogP contribution in [0.2, 0.25) is 5.02 Å². The number of nitrogens with zero attached hydrogens (tertiary/aromatic N) is 10. The molecule has 10 aliphatic heterocycles. The summed E-state index contributed by atoms with van der Waals surface area (Å²) in [6, 6.07) is 22.1. The fraction of sp³-hybridized carbons (Fsp3) is 0.343. The van der Waals surface area contributed by atoms with Crippen molar-refractivity contribution >= 4 is 129 Å². The molecule has 10 N–H and O–H groups in total. The van der Waals surface area contributed by atoms with Crippen LogP contribution in [-0.4, -0.2) is 218 Å². The molecule has 0 bridgehead atoms. The number of rotatable bonds is 15. The number of hydrogen-bond acceptors (Lipinski definition) is 25. The van der Waals surface area contributed by atoms with Crippen molar-refractivity contribution < 1.29 is 104 Å². The maximum absolute atomic E-state index is 13.8. The molecule has 0 spiro atoms. The van der Waals surface area contributed by atoms with Crippen molar-refractivity contribution in [3.05, 3.63) is 315 Å². The zero-order valence-electron chi connectivity index (χ0n) is 78.8. The van der Waals surface area contributed by atoms with E-state index in [1.54, 1.807) is 102 Å². The van der Waals surface area contributed by atoms with E-state index in [1.165, 1.54) is 114 Å². The third-order valence-electron chi connectivity index (χ3n) is 26.3. The fourth-order valence-corrected chi connectivity index (χ4v) is 26.0. The molecule has 5 aromatic carbocycles. The van der Waals surface area contributed by atoms with Crippen LogP contribution in [0.1, 0.15) is 192 Å². The molecule has 147 heavy (non-hydrogen) atoms. The molecule has 5 aromatic heterocycles. The lowest BCUT2D eigenvalue weighted by molar-refractivity contribution is 0.0566. The van der Waals surface area contributed by atoms with Gasteiger partial charge < -0.3 is 99.5 Å². The second-order valence-electron chi connectivity index (χ2n) is 36.0. The molecule has 10 atom stereocenters. The lowest BCUT2D eigenvalue weighted by atomic mass is 10.1. The van der Waals surface area contributed by atoms with E-state index in [0.29, 0.717) is 49.9 Å². The maximum atomic E-state index is 13.8. The Kier molecular flexibility index (Phi) is 32.0. The molecule has 5 unspecified atom stereocenters. The van der Waals surface area contributed by atoms with E-state index in [0.717, 1.165) is 72.6 Å². The number of aromatic nitrogens is 5. The van der Waals surface area contributed by atoms with E-state index in [9.17, 15) is 128 Å². The summed E-state index contributed by atoms with van der Waals surface area (Å²) in [5.41, 5.74) is -5.18. The second-order valence-corrected chi connectivity index (χ2v) is 42.8. The number of benzene rings is 5. The maximum Gasteiger partial charge on any atom is 0.275 e. The molecule has 5 saturated heterocycles. The molecule has 0 saturated carbocycles. The fourth-order valence-electron chi connectivity index (χ4n) is 18.6. The first-order valence-electron chi connectivity index (χ1n) is 46.3. The molecular weight excluding hydrogens is 2050 g/mol. The summed E-state index contributed by atoms with van der Waals surface area (Å²) in [4.78, 5) is 198. The van der Waals surface area contributed by atoms with Crippen LogP contribution in [0.25, 0.3) is 0 Å². The summed E-state index contributed by atoms with van der Waals surface area (Å²) in [5, 5.41) is 63.8. The van der Waals surface area contributed by atoms with E-state index in [1.807, 2.05) is 34.6 Å². The first kappa shape index (κ1) is 106. The van der Waals surface area contributed by atoms with Crippen molar-refractivity contribution in [3.8, 4) is 28.7 Å². The Morgan fingerprint density at radius 3 is 0.959 bits per heavy atom. The summed E-state index contributed by atoms with van der Waals surface area (Å²) in [7, 11) is 0. The number of carbonyl (C=O) groups is 10. The highest BCUT2D eigenvalue weighted by molar-refractivity contribution is 8.00. The van der Waals surface area contributed by atoms with Crippen LogP contribution < -0.4 is 53.7 Å². The zero-order chi connectivity index (χ0) is 105. The average Bonchev–Trinajstić information content (AvgIpc) is 0.927. The summed E-state index contributed by atoms with van der Waals surface area (Å²) >= 11 is 13.7. The molecule has 772 valence electrons. The van der Waals surface area contributed by atoms with Gasteiger partial charge in [-0.1, -0.05) is 60.1 Å². The SMILES string of the molecule is C[C@@H]1CCSC2Cn3cc(C(=O)NCc4cc(F)cc(F)c4)c(=O)c(O)c3C(=O)N21.C[C@@H]1CCSC2Cn3cc(C(=O)NCc4ccc(Cl)c(F)c4)c(=O)c(O)c3C(=O)N21.C[C@@H]1CCSC2Cn3cc(C(=O)NCc4cccc(F)c4F)c(=O)c(O)c3C(=O)N21.C[C@@H]1CCSC2Cn3cc(C(=O)NCc4ccccc4F)c(=O)c(O)c3C(=O)N21.C[C@H]1CSC2Cn3cc(C(=O)NCc4ccc(F)cc4)c(=O)c(O)c3C(=O)N21.